The average Bonchev–Trinajstić information content (AvgIpc) is 2.28. The second-order valence-corrected chi connectivity index (χ2v) is 4.71. The summed E-state index contributed by atoms with van der Waals surface area (Å²) in [6.45, 7) is 0. The van der Waals surface area contributed by atoms with E-state index in [1.165, 1.54) is 0 Å². The van der Waals surface area contributed by atoms with Crippen LogP contribution in [0.1, 0.15) is 30.9 Å². The molecule has 1 rings (SSSR count). The summed E-state index contributed by atoms with van der Waals surface area (Å²) in [7, 11) is 1.62. The van der Waals surface area contributed by atoms with E-state index in [1.54, 1.807) is 7.11 Å². The van der Waals surface area contributed by atoms with Gasteiger partial charge >= 0.3 is 0 Å². The molecule has 0 saturated carbocycles. The summed E-state index contributed by atoms with van der Waals surface area (Å²) >= 11 is 3.41. The Morgan fingerprint density at radius 3 is 2.76 bits per heavy atom. The SMILES string of the molecule is COc1ccc(C(N)CCCC(N)=O)cc1Br. The molecule has 0 aliphatic rings. The number of hydrogen-bond acceptors (Lipinski definition) is 3. The molecule has 0 radical (unpaired) electrons. The van der Waals surface area contributed by atoms with E-state index in [2.05, 4.69) is 15.9 Å². The third-order valence-corrected chi connectivity index (χ3v) is 3.16. The lowest BCUT2D eigenvalue weighted by Crippen LogP contribution is -2.14. The van der Waals surface area contributed by atoms with Crippen molar-refractivity contribution in [1.82, 2.24) is 0 Å². The van der Waals surface area contributed by atoms with Crippen LogP contribution in [0.3, 0.4) is 0 Å². The molecule has 4 nitrogen and oxygen atoms in total. The highest BCUT2D eigenvalue weighted by Gasteiger charge is 2.09. The molecular formula is C12H17BrN2O2. The Morgan fingerprint density at radius 2 is 2.24 bits per heavy atom. The third-order valence-electron chi connectivity index (χ3n) is 2.54. The van der Waals surface area contributed by atoms with Gasteiger partial charge in [0.2, 0.25) is 5.91 Å². The van der Waals surface area contributed by atoms with E-state index in [-0.39, 0.29) is 11.9 Å². The predicted octanol–water partition coefficient (Wildman–Crippen LogP) is 2.11. The summed E-state index contributed by atoms with van der Waals surface area (Å²) in [5.74, 6) is 0.492. The Hall–Kier alpha value is -1.07. The monoisotopic (exact) mass is 300 g/mol. The molecule has 0 aliphatic carbocycles. The van der Waals surface area contributed by atoms with E-state index < -0.39 is 0 Å². The lowest BCUT2D eigenvalue weighted by molar-refractivity contribution is -0.118. The highest BCUT2D eigenvalue weighted by Crippen LogP contribution is 2.28. The number of primary amides is 1. The third kappa shape index (κ3) is 4.36. The van der Waals surface area contributed by atoms with Crippen LogP contribution in [0.2, 0.25) is 0 Å². The number of benzene rings is 1. The largest absolute Gasteiger partial charge is 0.496 e. The number of methoxy groups -OCH3 is 1. The van der Waals surface area contributed by atoms with Crippen molar-refractivity contribution in [3.05, 3.63) is 28.2 Å². The summed E-state index contributed by atoms with van der Waals surface area (Å²) < 4.78 is 6.02. The lowest BCUT2D eigenvalue weighted by Gasteiger charge is -2.13. The Bertz CT molecular complexity index is 396. The number of halogens is 1. The second kappa shape index (κ2) is 6.61. The molecule has 1 amide bonds. The van der Waals surface area contributed by atoms with Crippen molar-refractivity contribution in [3.8, 4) is 5.75 Å². The fourth-order valence-corrected chi connectivity index (χ4v) is 2.13. The summed E-state index contributed by atoms with van der Waals surface area (Å²) in [6.07, 6.45) is 1.83. The van der Waals surface area contributed by atoms with Gasteiger partial charge in [-0.15, -0.1) is 0 Å². The Balaban J connectivity index is 2.59. The fourth-order valence-electron chi connectivity index (χ4n) is 1.58. The molecule has 0 aliphatic heterocycles. The minimum Gasteiger partial charge on any atom is -0.496 e. The smallest absolute Gasteiger partial charge is 0.217 e. The molecule has 1 aromatic carbocycles. The van der Waals surface area contributed by atoms with Crippen LogP contribution in [-0.4, -0.2) is 13.0 Å². The molecule has 1 aromatic rings. The fraction of sp³-hybridized carbons (Fsp3) is 0.417. The standard InChI is InChI=1S/C12H17BrN2O2/c1-17-11-6-5-8(7-9(11)13)10(14)3-2-4-12(15)16/h5-7,10H,2-4,14H2,1H3,(H2,15,16). The van der Waals surface area contributed by atoms with Gasteiger partial charge in [-0.1, -0.05) is 6.07 Å². The van der Waals surface area contributed by atoms with Crippen LogP contribution < -0.4 is 16.2 Å². The van der Waals surface area contributed by atoms with Gasteiger partial charge in [-0.25, -0.2) is 0 Å². The number of amides is 1. The molecule has 0 spiro atoms. The van der Waals surface area contributed by atoms with E-state index >= 15 is 0 Å². The normalized spacial score (nSPS) is 12.2. The molecule has 4 N–H and O–H groups in total. The van der Waals surface area contributed by atoms with E-state index in [1.807, 2.05) is 18.2 Å². The van der Waals surface area contributed by atoms with Crippen molar-refractivity contribution in [2.75, 3.05) is 7.11 Å². The molecule has 5 heteroatoms. The predicted molar refractivity (Wildman–Crippen MR) is 70.7 cm³/mol. The topological polar surface area (TPSA) is 78.3 Å². The lowest BCUT2D eigenvalue weighted by atomic mass is 10.0. The average molecular weight is 301 g/mol. The summed E-state index contributed by atoms with van der Waals surface area (Å²) in [5.41, 5.74) is 12.1. The second-order valence-electron chi connectivity index (χ2n) is 3.86. The van der Waals surface area contributed by atoms with Gasteiger partial charge in [0.15, 0.2) is 0 Å². The Kier molecular flexibility index (Phi) is 5.44. The molecule has 0 bridgehead atoms. The minimum atomic E-state index is -0.284. The van der Waals surface area contributed by atoms with Crippen LogP contribution in [0.15, 0.2) is 22.7 Å². The van der Waals surface area contributed by atoms with Gasteiger partial charge in [0.05, 0.1) is 11.6 Å². The van der Waals surface area contributed by atoms with Crippen molar-refractivity contribution < 1.29 is 9.53 Å². The van der Waals surface area contributed by atoms with Crippen LogP contribution in [0, 0.1) is 0 Å². The first-order chi connectivity index (χ1) is 8.04. The van der Waals surface area contributed by atoms with E-state index in [9.17, 15) is 4.79 Å². The summed E-state index contributed by atoms with van der Waals surface area (Å²) in [4.78, 5) is 10.6. The van der Waals surface area contributed by atoms with Crippen LogP contribution in [0.25, 0.3) is 0 Å². The van der Waals surface area contributed by atoms with E-state index in [4.69, 9.17) is 16.2 Å². The maximum atomic E-state index is 10.6. The van der Waals surface area contributed by atoms with Gasteiger partial charge in [0.25, 0.3) is 0 Å². The maximum Gasteiger partial charge on any atom is 0.217 e. The molecule has 1 atom stereocenters. The van der Waals surface area contributed by atoms with Gasteiger partial charge in [0, 0.05) is 12.5 Å². The number of ether oxygens (including phenoxy) is 1. The van der Waals surface area contributed by atoms with Crippen molar-refractivity contribution in [3.63, 3.8) is 0 Å². The van der Waals surface area contributed by atoms with Gasteiger partial charge < -0.3 is 16.2 Å². The van der Waals surface area contributed by atoms with Crippen LogP contribution >= 0.6 is 15.9 Å². The molecule has 0 aromatic heterocycles. The molecule has 0 heterocycles. The minimum absolute atomic E-state index is 0.0865. The first kappa shape index (κ1) is 14.0. The van der Waals surface area contributed by atoms with Crippen LogP contribution in [0.4, 0.5) is 0 Å². The molecule has 0 fully saturated rings. The first-order valence-corrected chi connectivity index (χ1v) is 6.21. The number of carbonyl (C=O) groups is 1. The van der Waals surface area contributed by atoms with Crippen molar-refractivity contribution in [2.24, 2.45) is 11.5 Å². The van der Waals surface area contributed by atoms with Crippen molar-refractivity contribution in [2.45, 2.75) is 25.3 Å². The number of rotatable bonds is 6. The first-order valence-electron chi connectivity index (χ1n) is 5.42. The molecule has 0 saturated heterocycles. The Labute approximate surface area is 109 Å². The number of nitrogens with two attached hydrogens (primary N) is 2. The summed E-state index contributed by atoms with van der Waals surface area (Å²) in [5, 5.41) is 0. The molecule has 17 heavy (non-hydrogen) atoms. The van der Waals surface area contributed by atoms with Crippen molar-refractivity contribution in [1.29, 1.82) is 0 Å². The summed E-state index contributed by atoms with van der Waals surface area (Å²) in [6, 6.07) is 5.65. The molecule has 1 unspecified atom stereocenters. The van der Waals surface area contributed by atoms with Gasteiger partial charge in [-0.05, 0) is 46.5 Å². The maximum absolute atomic E-state index is 10.6. The van der Waals surface area contributed by atoms with Gasteiger partial charge in [0.1, 0.15) is 5.75 Å². The zero-order chi connectivity index (χ0) is 12.8. The quantitative estimate of drug-likeness (QED) is 0.844. The zero-order valence-electron chi connectivity index (χ0n) is 9.78. The molecule has 94 valence electrons. The highest BCUT2D eigenvalue weighted by atomic mass is 79.9. The number of hydrogen-bond donors (Lipinski definition) is 2. The zero-order valence-corrected chi connectivity index (χ0v) is 11.4. The van der Waals surface area contributed by atoms with Gasteiger partial charge in [-0.3, -0.25) is 4.79 Å². The highest BCUT2D eigenvalue weighted by molar-refractivity contribution is 9.10. The molecular weight excluding hydrogens is 284 g/mol. The Morgan fingerprint density at radius 1 is 1.53 bits per heavy atom. The van der Waals surface area contributed by atoms with E-state index in [0.29, 0.717) is 12.8 Å². The van der Waals surface area contributed by atoms with Gasteiger partial charge in [-0.2, -0.15) is 0 Å². The number of carbonyl (C=O) groups excluding carboxylic acids is 1. The van der Waals surface area contributed by atoms with Crippen LogP contribution in [-0.2, 0) is 4.79 Å². The van der Waals surface area contributed by atoms with E-state index in [0.717, 1.165) is 22.2 Å². The van der Waals surface area contributed by atoms with Crippen LogP contribution in [0.5, 0.6) is 5.75 Å². The van der Waals surface area contributed by atoms with Crippen molar-refractivity contribution >= 4 is 21.8 Å².